The number of halogens is 3. The second-order valence-corrected chi connectivity index (χ2v) is 10.2. The molecule has 1 aromatic heterocycles. The van der Waals surface area contributed by atoms with Crippen LogP contribution in [0.2, 0.25) is 0 Å². The Hall–Kier alpha value is -2.19. The van der Waals surface area contributed by atoms with Gasteiger partial charge in [0.05, 0.1) is 0 Å². The molecule has 0 amide bonds. The summed E-state index contributed by atoms with van der Waals surface area (Å²) in [4.78, 5) is 0. The molecule has 0 atom stereocenters. The van der Waals surface area contributed by atoms with Gasteiger partial charge in [-0.2, -0.15) is 0 Å². The van der Waals surface area contributed by atoms with Crippen LogP contribution in [0.15, 0.2) is 79.0 Å². The average Bonchev–Trinajstić information content (AvgIpc) is 2.62. The molecular formula is C20H20F3NP+. The van der Waals surface area contributed by atoms with Gasteiger partial charge in [-0.1, -0.05) is 0 Å². The molecule has 5 heteroatoms. The molecule has 130 valence electrons. The zero-order chi connectivity index (χ0) is 18.1. The van der Waals surface area contributed by atoms with Gasteiger partial charge in [-0.3, -0.25) is 0 Å². The molecule has 1 heterocycles. The van der Waals surface area contributed by atoms with Gasteiger partial charge in [0, 0.05) is 0 Å². The van der Waals surface area contributed by atoms with Crippen molar-refractivity contribution in [3.63, 3.8) is 0 Å². The molecule has 0 N–H and O–H groups in total. The number of benzene rings is 2. The van der Waals surface area contributed by atoms with Gasteiger partial charge in [-0.25, -0.2) is 0 Å². The van der Waals surface area contributed by atoms with Crippen molar-refractivity contribution in [2.45, 2.75) is 6.18 Å². The molecular weight excluding hydrogens is 342 g/mol. The van der Waals surface area contributed by atoms with Gasteiger partial charge in [0.25, 0.3) is 0 Å². The molecule has 0 saturated carbocycles. The van der Waals surface area contributed by atoms with E-state index >= 15 is 0 Å². The molecule has 0 bridgehead atoms. The predicted molar refractivity (Wildman–Crippen MR) is 98.6 cm³/mol. The summed E-state index contributed by atoms with van der Waals surface area (Å²) in [5.74, 6) is 0. The van der Waals surface area contributed by atoms with Crippen LogP contribution in [0.1, 0.15) is 5.56 Å². The van der Waals surface area contributed by atoms with E-state index in [4.69, 9.17) is 0 Å². The van der Waals surface area contributed by atoms with Gasteiger partial charge in [0.15, 0.2) is 0 Å². The maximum absolute atomic E-state index is 13.0. The molecule has 0 aliphatic carbocycles. The topological polar surface area (TPSA) is 3.88 Å². The van der Waals surface area contributed by atoms with Crippen molar-refractivity contribution in [3.8, 4) is 0 Å². The molecule has 2 aromatic carbocycles. The van der Waals surface area contributed by atoms with E-state index in [1.165, 1.54) is 12.3 Å². The van der Waals surface area contributed by atoms with Crippen molar-refractivity contribution in [2.24, 2.45) is 7.05 Å². The summed E-state index contributed by atoms with van der Waals surface area (Å²) in [6.45, 7) is 2.18. The fourth-order valence-electron chi connectivity index (χ4n) is 3.30. The van der Waals surface area contributed by atoms with E-state index in [2.05, 4.69) is 30.9 Å². The molecule has 0 aliphatic rings. The Morgan fingerprint density at radius 2 is 1.24 bits per heavy atom. The van der Waals surface area contributed by atoms with Crippen LogP contribution in [0.5, 0.6) is 0 Å². The van der Waals surface area contributed by atoms with Crippen molar-refractivity contribution in [1.29, 1.82) is 0 Å². The van der Waals surface area contributed by atoms with E-state index < -0.39 is 19.0 Å². The van der Waals surface area contributed by atoms with E-state index in [9.17, 15) is 13.2 Å². The number of rotatable bonds is 3. The van der Waals surface area contributed by atoms with Crippen molar-refractivity contribution >= 4 is 23.3 Å². The molecule has 3 rings (SSSR count). The van der Waals surface area contributed by atoms with Crippen LogP contribution >= 0.6 is 7.26 Å². The van der Waals surface area contributed by atoms with E-state index in [0.29, 0.717) is 0 Å². The zero-order valence-corrected chi connectivity index (χ0v) is 15.1. The minimum absolute atomic E-state index is 0.628. The third-order valence-electron chi connectivity index (χ3n) is 4.68. The molecule has 0 fully saturated rings. The van der Waals surface area contributed by atoms with E-state index in [0.717, 1.165) is 16.0 Å². The Morgan fingerprint density at radius 3 is 1.64 bits per heavy atom. The SMILES string of the molecule is C[n+]1cc(C(F)(F)F)ccc1[PH](C)(c1ccccc1)c1ccccc1. The summed E-state index contributed by atoms with van der Waals surface area (Å²) in [6.07, 6.45) is -3.15. The second-order valence-electron chi connectivity index (χ2n) is 6.27. The number of pyridine rings is 1. The number of nitrogens with zero attached hydrogens (tertiary/aromatic N) is 1. The van der Waals surface area contributed by atoms with Gasteiger partial charge < -0.3 is 0 Å². The number of alkyl halides is 3. The first-order valence-electron chi connectivity index (χ1n) is 8.02. The van der Waals surface area contributed by atoms with Gasteiger partial charge in [0.2, 0.25) is 0 Å². The van der Waals surface area contributed by atoms with Crippen LogP contribution in [0.3, 0.4) is 0 Å². The first kappa shape index (κ1) is 17.6. The van der Waals surface area contributed by atoms with Gasteiger partial charge in [-0.15, -0.1) is 0 Å². The summed E-state index contributed by atoms with van der Waals surface area (Å²) in [6, 6.07) is 22.9. The summed E-state index contributed by atoms with van der Waals surface area (Å²) < 4.78 is 40.8. The molecule has 1 nitrogen and oxygen atoms in total. The summed E-state index contributed by atoms with van der Waals surface area (Å²) in [7, 11) is -0.713. The standard InChI is InChI=1S/C20H20F3NP/c1-24-15-16(20(21,22)23)13-14-19(24)25(2,17-9-5-3-6-10-17)18-11-7-4-8-12-18/h3-15,25H,1-2H3/q+1. The Balaban J connectivity index is 2.24. The van der Waals surface area contributed by atoms with Crippen LogP contribution in [0.25, 0.3) is 0 Å². The fraction of sp³-hybridized carbons (Fsp3) is 0.150. The fourth-order valence-corrected chi connectivity index (χ4v) is 7.13. The maximum atomic E-state index is 13.0. The van der Waals surface area contributed by atoms with Crippen molar-refractivity contribution in [2.75, 3.05) is 6.66 Å². The molecule has 25 heavy (non-hydrogen) atoms. The van der Waals surface area contributed by atoms with Crippen LogP contribution in [-0.2, 0) is 13.2 Å². The summed E-state index contributed by atoms with van der Waals surface area (Å²) in [5, 5.41) is 2.33. The van der Waals surface area contributed by atoms with E-state index in [1.807, 2.05) is 36.4 Å². The molecule has 0 spiro atoms. The van der Waals surface area contributed by atoms with Gasteiger partial charge in [0.1, 0.15) is 0 Å². The zero-order valence-electron chi connectivity index (χ0n) is 14.1. The van der Waals surface area contributed by atoms with Crippen LogP contribution in [0, 0.1) is 0 Å². The van der Waals surface area contributed by atoms with E-state index in [1.54, 1.807) is 17.7 Å². The molecule has 0 unspecified atom stereocenters. The average molecular weight is 362 g/mol. The Morgan fingerprint density at radius 1 is 0.760 bits per heavy atom. The number of hydrogen-bond donors (Lipinski definition) is 0. The predicted octanol–water partition coefficient (Wildman–Crippen LogP) is 3.19. The molecule has 0 saturated heterocycles. The summed E-state index contributed by atoms with van der Waals surface area (Å²) in [5.41, 5.74) is 0.300. The Kier molecular flexibility index (Phi) is 4.66. The second kappa shape index (κ2) is 6.61. The quantitative estimate of drug-likeness (QED) is 0.498. The van der Waals surface area contributed by atoms with Crippen LogP contribution < -0.4 is 20.6 Å². The summed E-state index contributed by atoms with van der Waals surface area (Å²) >= 11 is 0. The van der Waals surface area contributed by atoms with Crippen LogP contribution in [-0.4, -0.2) is 6.66 Å². The number of aryl methyl sites for hydroxylation is 1. The monoisotopic (exact) mass is 362 g/mol. The molecule has 0 radical (unpaired) electrons. The minimum atomic E-state index is -4.34. The Labute approximate surface area is 146 Å². The van der Waals surface area contributed by atoms with Crippen molar-refractivity contribution in [3.05, 3.63) is 84.6 Å². The van der Waals surface area contributed by atoms with Crippen molar-refractivity contribution < 1.29 is 17.7 Å². The molecule has 0 aliphatic heterocycles. The van der Waals surface area contributed by atoms with Crippen LogP contribution in [0.4, 0.5) is 13.2 Å². The first-order valence-corrected chi connectivity index (χ1v) is 10.5. The third-order valence-corrected chi connectivity index (χ3v) is 9.20. The third kappa shape index (κ3) is 3.32. The van der Waals surface area contributed by atoms with E-state index in [-0.39, 0.29) is 0 Å². The first-order chi connectivity index (χ1) is 11.8. The van der Waals surface area contributed by atoms with Gasteiger partial charge >= 0.3 is 145 Å². The number of aromatic nitrogens is 1. The van der Waals surface area contributed by atoms with Gasteiger partial charge in [-0.05, 0) is 0 Å². The normalized spacial score (nSPS) is 12.8. The van der Waals surface area contributed by atoms with Crippen molar-refractivity contribution in [1.82, 2.24) is 0 Å². The Bertz CT molecular complexity index is 822. The molecule has 3 aromatic rings. The number of hydrogen-bond acceptors (Lipinski definition) is 0.